The van der Waals surface area contributed by atoms with Gasteiger partial charge in [-0.3, -0.25) is 4.79 Å². The molecule has 0 aliphatic carbocycles. The van der Waals surface area contributed by atoms with Crippen LogP contribution in [0.5, 0.6) is 0 Å². The number of para-hydroxylation sites is 1. The molecule has 98 valence electrons. The van der Waals surface area contributed by atoms with Crippen molar-refractivity contribution in [1.82, 2.24) is 4.98 Å². The molecule has 0 N–H and O–H groups in total. The molecule has 2 aromatic carbocycles. The Morgan fingerprint density at radius 3 is 2.30 bits per heavy atom. The minimum Gasteiger partial charge on any atom is -0.287 e. The van der Waals surface area contributed by atoms with E-state index in [4.69, 9.17) is 0 Å². The number of fused-ring (bicyclic) bond motifs is 1. The molecule has 2 nitrogen and oxygen atoms in total. The topological polar surface area (TPSA) is 30.0 Å². The number of benzene rings is 2. The minimum atomic E-state index is -0.884. The summed E-state index contributed by atoms with van der Waals surface area (Å²) in [6.07, 6.45) is 0. The molecule has 3 rings (SSSR count). The number of nitrogens with zero attached hydrogens (tertiary/aromatic N) is 1. The molecule has 20 heavy (non-hydrogen) atoms. The second-order valence-corrected chi connectivity index (χ2v) is 4.31. The van der Waals surface area contributed by atoms with E-state index in [9.17, 15) is 13.6 Å². The SMILES string of the molecule is O=C(c1ccc2ccccc2n1)c1c(F)cccc1F. The van der Waals surface area contributed by atoms with E-state index in [1.807, 2.05) is 12.1 Å². The first-order valence-electron chi connectivity index (χ1n) is 6.01. The van der Waals surface area contributed by atoms with Gasteiger partial charge >= 0.3 is 0 Å². The zero-order valence-corrected chi connectivity index (χ0v) is 10.3. The Labute approximate surface area is 113 Å². The average Bonchev–Trinajstić information content (AvgIpc) is 2.46. The van der Waals surface area contributed by atoms with Crippen LogP contribution in [0.4, 0.5) is 8.78 Å². The largest absolute Gasteiger partial charge is 0.287 e. The van der Waals surface area contributed by atoms with Gasteiger partial charge in [0.15, 0.2) is 0 Å². The van der Waals surface area contributed by atoms with Crippen LogP contribution in [0.2, 0.25) is 0 Å². The van der Waals surface area contributed by atoms with E-state index in [2.05, 4.69) is 4.98 Å². The summed E-state index contributed by atoms with van der Waals surface area (Å²) in [5, 5.41) is 0.859. The molecule has 0 saturated carbocycles. The fraction of sp³-hybridized carbons (Fsp3) is 0. The summed E-state index contributed by atoms with van der Waals surface area (Å²) in [7, 11) is 0. The van der Waals surface area contributed by atoms with Crippen molar-refractivity contribution in [3.63, 3.8) is 0 Å². The highest BCUT2D eigenvalue weighted by Crippen LogP contribution is 2.18. The summed E-state index contributed by atoms with van der Waals surface area (Å²) >= 11 is 0. The number of aromatic nitrogens is 1. The van der Waals surface area contributed by atoms with Crippen molar-refractivity contribution < 1.29 is 13.6 Å². The molecule has 0 radical (unpaired) electrons. The van der Waals surface area contributed by atoms with Crippen LogP contribution in [-0.2, 0) is 0 Å². The summed E-state index contributed by atoms with van der Waals surface area (Å²) in [6.45, 7) is 0. The van der Waals surface area contributed by atoms with Gasteiger partial charge in [0.1, 0.15) is 17.3 Å². The fourth-order valence-electron chi connectivity index (χ4n) is 2.04. The van der Waals surface area contributed by atoms with Crippen LogP contribution in [0.3, 0.4) is 0 Å². The molecular formula is C16H9F2NO. The monoisotopic (exact) mass is 269 g/mol. The third-order valence-corrected chi connectivity index (χ3v) is 3.02. The van der Waals surface area contributed by atoms with Crippen LogP contribution in [-0.4, -0.2) is 10.8 Å². The van der Waals surface area contributed by atoms with Crippen molar-refractivity contribution >= 4 is 16.7 Å². The number of rotatable bonds is 2. The van der Waals surface area contributed by atoms with Crippen LogP contribution in [0.15, 0.2) is 54.6 Å². The van der Waals surface area contributed by atoms with Crippen LogP contribution in [0.1, 0.15) is 16.1 Å². The van der Waals surface area contributed by atoms with E-state index in [0.29, 0.717) is 5.52 Å². The standard InChI is InChI=1S/C16H9F2NO/c17-11-5-3-6-12(18)15(11)16(20)14-9-8-10-4-1-2-7-13(10)19-14/h1-9H. The second kappa shape index (κ2) is 4.81. The Bertz CT molecular complexity index is 794. The number of carbonyl (C=O) groups is 1. The molecule has 1 heterocycles. The molecule has 0 fully saturated rings. The van der Waals surface area contributed by atoms with Crippen molar-refractivity contribution in [3.05, 3.63) is 77.5 Å². The number of hydrogen-bond donors (Lipinski definition) is 0. The van der Waals surface area contributed by atoms with Crippen LogP contribution < -0.4 is 0 Å². The van der Waals surface area contributed by atoms with Crippen LogP contribution >= 0.6 is 0 Å². The zero-order valence-electron chi connectivity index (χ0n) is 10.3. The maximum atomic E-state index is 13.6. The van der Waals surface area contributed by atoms with Gasteiger partial charge in [-0.05, 0) is 24.3 Å². The Kier molecular flexibility index (Phi) is 2.99. The van der Waals surface area contributed by atoms with Gasteiger partial charge in [0.25, 0.3) is 0 Å². The lowest BCUT2D eigenvalue weighted by atomic mass is 10.1. The summed E-state index contributed by atoms with van der Waals surface area (Å²) < 4.78 is 27.2. The highest BCUT2D eigenvalue weighted by molar-refractivity contribution is 6.08. The van der Waals surface area contributed by atoms with Crippen molar-refractivity contribution in [1.29, 1.82) is 0 Å². The van der Waals surface area contributed by atoms with Crippen molar-refractivity contribution in [2.45, 2.75) is 0 Å². The van der Waals surface area contributed by atoms with Crippen molar-refractivity contribution in [2.24, 2.45) is 0 Å². The van der Waals surface area contributed by atoms with Gasteiger partial charge in [-0.2, -0.15) is 0 Å². The average molecular weight is 269 g/mol. The summed E-state index contributed by atoms with van der Waals surface area (Å²) in [5.74, 6) is -2.53. The molecule has 0 atom stereocenters. The predicted molar refractivity (Wildman–Crippen MR) is 71.5 cm³/mol. The second-order valence-electron chi connectivity index (χ2n) is 4.31. The highest BCUT2D eigenvalue weighted by Gasteiger charge is 2.19. The molecule has 0 amide bonds. The van der Waals surface area contributed by atoms with E-state index < -0.39 is 23.0 Å². The first-order chi connectivity index (χ1) is 9.66. The Balaban J connectivity index is 2.13. The molecule has 0 bridgehead atoms. The van der Waals surface area contributed by atoms with Gasteiger partial charge in [0, 0.05) is 5.39 Å². The number of ketones is 1. The number of pyridine rings is 1. The lowest BCUT2D eigenvalue weighted by Gasteiger charge is -2.04. The molecular weight excluding hydrogens is 260 g/mol. The smallest absolute Gasteiger partial charge is 0.217 e. The minimum absolute atomic E-state index is 0.0210. The molecule has 4 heteroatoms. The van der Waals surface area contributed by atoms with Gasteiger partial charge in [-0.25, -0.2) is 13.8 Å². The summed E-state index contributed by atoms with van der Waals surface area (Å²) in [5.41, 5.74) is 0.0538. The summed E-state index contributed by atoms with van der Waals surface area (Å²) in [6, 6.07) is 13.7. The zero-order chi connectivity index (χ0) is 14.1. The lowest BCUT2D eigenvalue weighted by Crippen LogP contribution is -2.09. The van der Waals surface area contributed by atoms with Gasteiger partial charge in [-0.15, -0.1) is 0 Å². The molecule has 0 aliphatic rings. The van der Waals surface area contributed by atoms with Gasteiger partial charge in [0.2, 0.25) is 5.78 Å². The van der Waals surface area contributed by atoms with Gasteiger partial charge < -0.3 is 0 Å². The Morgan fingerprint density at radius 1 is 0.850 bits per heavy atom. The molecule has 3 aromatic rings. The molecule has 0 aliphatic heterocycles. The molecule has 0 spiro atoms. The third-order valence-electron chi connectivity index (χ3n) is 3.02. The molecule has 0 unspecified atom stereocenters. The number of hydrogen-bond acceptors (Lipinski definition) is 2. The molecule has 1 aromatic heterocycles. The van der Waals surface area contributed by atoms with E-state index >= 15 is 0 Å². The van der Waals surface area contributed by atoms with E-state index in [0.717, 1.165) is 17.5 Å². The van der Waals surface area contributed by atoms with E-state index in [1.54, 1.807) is 18.2 Å². The quantitative estimate of drug-likeness (QED) is 0.663. The first kappa shape index (κ1) is 12.4. The Morgan fingerprint density at radius 2 is 1.55 bits per heavy atom. The van der Waals surface area contributed by atoms with E-state index in [1.165, 1.54) is 12.1 Å². The normalized spacial score (nSPS) is 10.7. The Hall–Kier alpha value is -2.62. The first-order valence-corrected chi connectivity index (χ1v) is 6.01. The number of halogens is 2. The predicted octanol–water partition coefficient (Wildman–Crippen LogP) is 3.74. The van der Waals surface area contributed by atoms with Crippen molar-refractivity contribution in [3.8, 4) is 0 Å². The molecule has 0 saturated heterocycles. The fourth-order valence-corrected chi connectivity index (χ4v) is 2.04. The highest BCUT2D eigenvalue weighted by atomic mass is 19.1. The van der Waals surface area contributed by atoms with Crippen LogP contribution in [0, 0.1) is 11.6 Å². The summed E-state index contributed by atoms with van der Waals surface area (Å²) in [4.78, 5) is 16.3. The van der Waals surface area contributed by atoms with Gasteiger partial charge in [-0.1, -0.05) is 30.3 Å². The van der Waals surface area contributed by atoms with E-state index in [-0.39, 0.29) is 5.69 Å². The van der Waals surface area contributed by atoms with Crippen LogP contribution in [0.25, 0.3) is 10.9 Å². The lowest BCUT2D eigenvalue weighted by molar-refractivity contribution is 0.102. The number of carbonyl (C=O) groups excluding carboxylic acids is 1. The maximum absolute atomic E-state index is 13.6. The van der Waals surface area contributed by atoms with Crippen molar-refractivity contribution in [2.75, 3.05) is 0 Å². The van der Waals surface area contributed by atoms with Gasteiger partial charge in [0.05, 0.1) is 11.1 Å². The third kappa shape index (κ3) is 2.05. The maximum Gasteiger partial charge on any atom is 0.217 e.